The lowest BCUT2D eigenvalue weighted by Crippen LogP contribution is -2.51. The van der Waals surface area contributed by atoms with Crippen LogP contribution in [0.2, 0.25) is 0 Å². The molecule has 0 aromatic carbocycles. The van der Waals surface area contributed by atoms with Crippen LogP contribution in [0.5, 0.6) is 0 Å². The van der Waals surface area contributed by atoms with Gasteiger partial charge in [-0.15, -0.1) is 0 Å². The predicted octanol–water partition coefficient (Wildman–Crippen LogP) is 0.144. The van der Waals surface area contributed by atoms with Gasteiger partial charge in [0.15, 0.2) is 0 Å². The standard InChI is InChI=1S/C35H66N5O13PS.CH4/c1-26(2)54(46,55)53-28-8-6-27(7-9-28)33(43)40-30(35(45)38-16-19-52-25-22-49-5)11-13-32(42)39-29(34(44)37-15-18-51-24-21-48-4)10-12-31(41)36-14-17-50-23-20-47-3;/h26-30H,6-25H2,1-5H3,(H,36,41)(H,37,44)(H,38,45)(H,39,42)(H,40,43)(H,46,55);1H4/p-1. The SMILES string of the molecule is C.COCCOCCNC(=O)CCC(NC(=O)CCC(NC(=O)C1CCC(OP([O-])(=S)C(C)C)CC1)C(=O)NCCOCCOC)C(=O)NCCOCCOC. The van der Waals surface area contributed by atoms with Crippen LogP contribution >= 0.6 is 6.49 Å². The van der Waals surface area contributed by atoms with Crippen LogP contribution in [-0.4, -0.2) is 154 Å². The summed E-state index contributed by atoms with van der Waals surface area (Å²) in [6, 6.07) is -2.12. The minimum absolute atomic E-state index is 0. The molecule has 18 nitrogen and oxygen atoms in total. The average molecular weight is 843 g/mol. The van der Waals surface area contributed by atoms with E-state index in [0.717, 1.165) is 0 Å². The lowest BCUT2D eigenvalue weighted by molar-refractivity contribution is -0.189. The number of carbonyl (C=O) groups excluding carboxylic acids is 5. The van der Waals surface area contributed by atoms with E-state index in [1.54, 1.807) is 35.2 Å². The molecule has 0 spiro atoms. The second-order valence-corrected chi connectivity index (χ2v) is 17.1. The Hall–Kier alpha value is -2.32. The summed E-state index contributed by atoms with van der Waals surface area (Å²) in [7, 11) is 4.66. The van der Waals surface area contributed by atoms with Gasteiger partial charge in [0.25, 0.3) is 0 Å². The Morgan fingerprint density at radius 1 is 0.643 bits per heavy atom. The van der Waals surface area contributed by atoms with Crippen LogP contribution in [0.15, 0.2) is 0 Å². The summed E-state index contributed by atoms with van der Waals surface area (Å²) in [5, 5.41) is 13.7. The first-order chi connectivity index (χ1) is 26.3. The summed E-state index contributed by atoms with van der Waals surface area (Å²) in [6.07, 6.45) is 1.26. The van der Waals surface area contributed by atoms with Gasteiger partial charge in [0.2, 0.25) is 29.5 Å². The van der Waals surface area contributed by atoms with Crippen molar-refractivity contribution in [2.45, 2.75) is 96.5 Å². The van der Waals surface area contributed by atoms with Crippen LogP contribution in [0.25, 0.3) is 0 Å². The van der Waals surface area contributed by atoms with Crippen molar-refractivity contribution in [2.24, 2.45) is 5.92 Å². The lowest BCUT2D eigenvalue weighted by Gasteiger charge is -2.38. The maximum Gasteiger partial charge on any atom is 0.242 e. The van der Waals surface area contributed by atoms with E-state index < -0.39 is 42.2 Å². The number of methoxy groups -OCH3 is 3. The molecule has 328 valence electrons. The number of hydrogen-bond donors (Lipinski definition) is 5. The van der Waals surface area contributed by atoms with Gasteiger partial charge >= 0.3 is 0 Å². The van der Waals surface area contributed by atoms with Crippen LogP contribution in [0.1, 0.15) is 72.6 Å². The summed E-state index contributed by atoms with van der Waals surface area (Å²) in [5.41, 5.74) is -0.289. The molecule has 1 saturated carbocycles. The number of amides is 5. The van der Waals surface area contributed by atoms with Gasteiger partial charge in [-0.25, -0.2) is 0 Å². The number of nitrogens with one attached hydrogen (secondary N) is 5. The van der Waals surface area contributed by atoms with Crippen LogP contribution < -0.4 is 31.5 Å². The van der Waals surface area contributed by atoms with E-state index in [-0.39, 0.29) is 96.1 Å². The van der Waals surface area contributed by atoms with Crippen molar-refractivity contribution in [1.29, 1.82) is 0 Å². The van der Waals surface area contributed by atoms with Crippen molar-refractivity contribution >= 4 is 47.8 Å². The van der Waals surface area contributed by atoms with Gasteiger partial charge in [-0.2, -0.15) is 0 Å². The van der Waals surface area contributed by atoms with Gasteiger partial charge in [0.1, 0.15) is 12.1 Å². The predicted molar refractivity (Wildman–Crippen MR) is 212 cm³/mol. The van der Waals surface area contributed by atoms with Gasteiger partial charge in [-0.05, 0) is 50.7 Å². The molecule has 3 unspecified atom stereocenters. The lowest BCUT2D eigenvalue weighted by atomic mass is 9.86. The summed E-state index contributed by atoms with van der Waals surface area (Å²) in [4.78, 5) is 78.1. The molecule has 1 fully saturated rings. The minimum atomic E-state index is -3.19. The van der Waals surface area contributed by atoms with Crippen molar-refractivity contribution < 1.29 is 61.8 Å². The molecule has 5 amide bonds. The third-order valence-corrected chi connectivity index (χ3v) is 11.9. The molecular formula is C36H69N5O13PS-. The Kier molecular flexibility index (Phi) is 31.3. The highest BCUT2D eigenvalue weighted by molar-refractivity contribution is 8.09. The van der Waals surface area contributed by atoms with Gasteiger partial charge in [0, 0.05) is 59.7 Å². The van der Waals surface area contributed by atoms with E-state index >= 15 is 0 Å². The van der Waals surface area contributed by atoms with Gasteiger partial charge in [-0.1, -0.05) is 33.1 Å². The molecule has 0 aromatic heterocycles. The Morgan fingerprint density at radius 2 is 1.07 bits per heavy atom. The summed E-state index contributed by atoms with van der Waals surface area (Å²) >= 11 is 5.17. The number of ether oxygens (including phenoxy) is 6. The Bertz CT molecular complexity index is 1160. The van der Waals surface area contributed by atoms with Crippen molar-refractivity contribution in [3.8, 4) is 0 Å². The van der Waals surface area contributed by atoms with Crippen molar-refractivity contribution in [2.75, 3.05) is 100 Å². The number of rotatable bonds is 32. The van der Waals surface area contributed by atoms with Crippen molar-refractivity contribution in [1.82, 2.24) is 26.6 Å². The highest BCUT2D eigenvalue weighted by atomic mass is 32.5. The zero-order chi connectivity index (χ0) is 40.9. The Morgan fingerprint density at radius 3 is 1.52 bits per heavy atom. The van der Waals surface area contributed by atoms with E-state index in [4.69, 9.17) is 44.8 Å². The molecule has 1 rings (SSSR count). The first kappa shape index (κ1) is 53.7. The van der Waals surface area contributed by atoms with E-state index in [1.165, 1.54) is 0 Å². The molecule has 0 radical (unpaired) electrons. The maximum absolute atomic E-state index is 13.4. The molecular weight excluding hydrogens is 773 g/mol. The van der Waals surface area contributed by atoms with Gasteiger partial charge in [0.05, 0.1) is 65.6 Å². The van der Waals surface area contributed by atoms with Crippen LogP contribution in [0.3, 0.4) is 0 Å². The Balaban J connectivity index is 0.0000302. The summed E-state index contributed by atoms with van der Waals surface area (Å²) in [6.45, 7) is 3.95. The molecule has 1 aliphatic rings. The van der Waals surface area contributed by atoms with Crippen LogP contribution in [-0.2, 0) is 68.7 Å². The second kappa shape index (κ2) is 32.6. The molecule has 5 N–H and O–H groups in total. The summed E-state index contributed by atoms with van der Waals surface area (Å²) in [5.74, 6) is -2.64. The normalized spacial score (nSPS) is 17.5. The average Bonchev–Trinajstić information content (AvgIpc) is 3.15. The third kappa shape index (κ3) is 25.1. The van der Waals surface area contributed by atoms with E-state index in [2.05, 4.69) is 26.6 Å². The monoisotopic (exact) mass is 842 g/mol. The first-order valence-corrected chi connectivity index (χ1v) is 21.7. The quantitative estimate of drug-likeness (QED) is 0.0448. The third-order valence-electron chi connectivity index (χ3n) is 8.53. The highest BCUT2D eigenvalue weighted by Crippen LogP contribution is 2.46. The van der Waals surface area contributed by atoms with E-state index in [1.807, 2.05) is 0 Å². The summed E-state index contributed by atoms with van der Waals surface area (Å²) < 4.78 is 36.7. The van der Waals surface area contributed by atoms with Gasteiger partial charge < -0.3 is 64.4 Å². The van der Waals surface area contributed by atoms with Crippen LogP contribution in [0.4, 0.5) is 0 Å². The van der Waals surface area contributed by atoms with Crippen molar-refractivity contribution in [3.63, 3.8) is 0 Å². The van der Waals surface area contributed by atoms with E-state index in [9.17, 15) is 28.9 Å². The molecule has 1 aliphatic carbocycles. The molecule has 0 saturated heterocycles. The topological polar surface area (TPSA) is 233 Å². The number of hydrogen-bond acceptors (Lipinski definition) is 14. The largest absolute Gasteiger partial charge is 0.800 e. The fraction of sp³-hybridized carbons (Fsp3) is 0.861. The minimum Gasteiger partial charge on any atom is -0.800 e. The fourth-order valence-electron chi connectivity index (χ4n) is 5.23. The molecule has 0 aliphatic heterocycles. The van der Waals surface area contributed by atoms with Crippen molar-refractivity contribution in [3.05, 3.63) is 0 Å². The zero-order valence-corrected chi connectivity index (χ0v) is 34.9. The highest BCUT2D eigenvalue weighted by Gasteiger charge is 2.31. The molecule has 3 atom stereocenters. The first-order valence-electron chi connectivity index (χ1n) is 19.0. The fourth-order valence-corrected chi connectivity index (χ4v) is 6.46. The van der Waals surface area contributed by atoms with Crippen LogP contribution in [0, 0.1) is 5.92 Å². The smallest absolute Gasteiger partial charge is 0.242 e. The molecule has 20 heteroatoms. The molecule has 56 heavy (non-hydrogen) atoms. The number of carbonyl (C=O) groups is 5. The maximum atomic E-state index is 13.4. The molecule has 0 aromatic rings. The molecule has 0 heterocycles. The van der Waals surface area contributed by atoms with Gasteiger partial charge in [-0.3, -0.25) is 24.0 Å². The second-order valence-electron chi connectivity index (χ2n) is 13.2. The Labute approximate surface area is 338 Å². The molecule has 0 bridgehead atoms. The van der Waals surface area contributed by atoms with E-state index in [0.29, 0.717) is 65.3 Å². The zero-order valence-electron chi connectivity index (χ0n) is 33.2.